The Labute approximate surface area is 114 Å². The van der Waals surface area contributed by atoms with Crippen LogP contribution in [0.2, 0.25) is 0 Å². The molecule has 0 aliphatic heterocycles. The van der Waals surface area contributed by atoms with Gasteiger partial charge in [-0.25, -0.2) is 0 Å². The molecule has 106 valence electrons. The van der Waals surface area contributed by atoms with E-state index in [1.807, 2.05) is 0 Å². The molecule has 1 unspecified atom stereocenters. The largest absolute Gasteiger partial charge is 0.378 e. The summed E-state index contributed by atoms with van der Waals surface area (Å²) >= 11 is 0. The molecule has 0 aromatic rings. The van der Waals surface area contributed by atoms with Gasteiger partial charge in [0.05, 0.1) is 6.10 Å². The molecule has 0 saturated heterocycles. The molecule has 2 fully saturated rings. The molecule has 0 aromatic carbocycles. The molecular formula is C17H32O. The fourth-order valence-corrected chi connectivity index (χ4v) is 3.87. The van der Waals surface area contributed by atoms with Gasteiger partial charge in [0.2, 0.25) is 0 Å². The van der Waals surface area contributed by atoms with Crippen molar-refractivity contribution in [1.82, 2.24) is 0 Å². The summed E-state index contributed by atoms with van der Waals surface area (Å²) in [4.78, 5) is 0. The van der Waals surface area contributed by atoms with Crippen LogP contribution < -0.4 is 0 Å². The van der Waals surface area contributed by atoms with Crippen LogP contribution in [0.5, 0.6) is 0 Å². The average Bonchev–Trinajstić information content (AvgIpc) is 2.41. The van der Waals surface area contributed by atoms with Crippen LogP contribution in [-0.2, 0) is 4.74 Å². The van der Waals surface area contributed by atoms with Gasteiger partial charge in [-0.2, -0.15) is 0 Å². The highest BCUT2D eigenvalue weighted by Crippen LogP contribution is 2.29. The SMILES string of the molecule is CC(CC1CCCCC1)OCCC1CCCCC1. The highest BCUT2D eigenvalue weighted by molar-refractivity contribution is 4.69. The summed E-state index contributed by atoms with van der Waals surface area (Å²) in [6.07, 6.45) is 17.7. The number of ether oxygens (including phenoxy) is 1. The van der Waals surface area contributed by atoms with Gasteiger partial charge in [-0.1, -0.05) is 64.2 Å². The smallest absolute Gasteiger partial charge is 0.0549 e. The lowest BCUT2D eigenvalue weighted by atomic mass is 9.85. The first-order chi connectivity index (χ1) is 8.84. The minimum atomic E-state index is 0.497. The van der Waals surface area contributed by atoms with Gasteiger partial charge in [-0.15, -0.1) is 0 Å². The fraction of sp³-hybridized carbons (Fsp3) is 1.00. The second-order valence-corrected chi connectivity index (χ2v) is 6.71. The molecule has 0 heterocycles. The van der Waals surface area contributed by atoms with Crippen molar-refractivity contribution in [2.75, 3.05) is 6.61 Å². The maximum Gasteiger partial charge on any atom is 0.0549 e. The van der Waals surface area contributed by atoms with Gasteiger partial charge in [0.15, 0.2) is 0 Å². The van der Waals surface area contributed by atoms with E-state index in [0.29, 0.717) is 6.10 Å². The fourth-order valence-electron chi connectivity index (χ4n) is 3.87. The van der Waals surface area contributed by atoms with Crippen molar-refractivity contribution in [3.8, 4) is 0 Å². The maximum atomic E-state index is 6.05. The minimum Gasteiger partial charge on any atom is -0.378 e. The first-order valence-electron chi connectivity index (χ1n) is 8.46. The van der Waals surface area contributed by atoms with E-state index in [1.54, 1.807) is 0 Å². The number of hydrogen-bond donors (Lipinski definition) is 0. The Bertz CT molecular complexity index is 202. The summed E-state index contributed by atoms with van der Waals surface area (Å²) in [5, 5.41) is 0. The number of hydrogen-bond acceptors (Lipinski definition) is 1. The molecule has 2 rings (SSSR count). The van der Waals surface area contributed by atoms with E-state index in [-0.39, 0.29) is 0 Å². The van der Waals surface area contributed by atoms with E-state index in [9.17, 15) is 0 Å². The van der Waals surface area contributed by atoms with Gasteiger partial charge in [0.25, 0.3) is 0 Å². The molecule has 1 nitrogen and oxygen atoms in total. The molecule has 2 aliphatic carbocycles. The molecular weight excluding hydrogens is 220 g/mol. The van der Waals surface area contributed by atoms with Crippen molar-refractivity contribution in [3.63, 3.8) is 0 Å². The molecule has 0 radical (unpaired) electrons. The third kappa shape index (κ3) is 5.30. The van der Waals surface area contributed by atoms with Crippen LogP contribution in [-0.4, -0.2) is 12.7 Å². The van der Waals surface area contributed by atoms with Crippen molar-refractivity contribution in [2.45, 2.75) is 90.1 Å². The molecule has 1 atom stereocenters. The van der Waals surface area contributed by atoms with Crippen LogP contribution in [0.4, 0.5) is 0 Å². The molecule has 2 saturated carbocycles. The van der Waals surface area contributed by atoms with Crippen LogP contribution in [0.3, 0.4) is 0 Å². The highest BCUT2D eigenvalue weighted by atomic mass is 16.5. The molecule has 0 aromatic heterocycles. The predicted molar refractivity (Wildman–Crippen MR) is 77.8 cm³/mol. The quantitative estimate of drug-likeness (QED) is 0.620. The Morgan fingerprint density at radius 1 is 0.833 bits per heavy atom. The molecule has 0 amide bonds. The molecule has 18 heavy (non-hydrogen) atoms. The van der Waals surface area contributed by atoms with Gasteiger partial charge in [-0.3, -0.25) is 0 Å². The lowest BCUT2D eigenvalue weighted by Crippen LogP contribution is -2.18. The first kappa shape index (κ1) is 14.4. The van der Waals surface area contributed by atoms with E-state index < -0.39 is 0 Å². The summed E-state index contributed by atoms with van der Waals surface area (Å²) in [6, 6.07) is 0. The van der Waals surface area contributed by atoms with Gasteiger partial charge in [0.1, 0.15) is 0 Å². The molecule has 0 bridgehead atoms. The Morgan fingerprint density at radius 3 is 2.00 bits per heavy atom. The van der Waals surface area contributed by atoms with Crippen LogP contribution in [0.15, 0.2) is 0 Å². The Hall–Kier alpha value is -0.0400. The summed E-state index contributed by atoms with van der Waals surface area (Å²) in [6.45, 7) is 3.30. The van der Waals surface area contributed by atoms with Crippen LogP contribution in [0, 0.1) is 11.8 Å². The third-order valence-electron chi connectivity index (χ3n) is 5.04. The Balaban J connectivity index is 1.52. The van der Waals surface area contributed by atoms with Crippen molar-refractivity contribution in [2.24, 2.45) is 11.8 Å². The molecule has 0 spiro atoms. The van der Waals surface area contributed by atoms with Crippen molar-refractivity contribution >= 4 is 0 Å². The van der Waals surface area contributed by atoms with Crippen LogP contribution in [0.1, 0.15) is 84.0 Å². The second kappa shape index (κ2) is 8.19. The van der Waals surface area contributed by atoms with E-state index in [1.165, 1.54) is 77.0 Å². The van der Waals surface area contributed by atoms with Gasteiger partial charge >= 0.3 is 0 Å². The lowest BCUT2D eigenvalue weighted by Gasteiger charge is -2.26. The highest BCUT2D eigenvalue weighted by Gasteiger charge is 2.17. The standard InChI is InChI=1S/C17H32O/c1-15(14-17-10-6-3-7-11-17)18-13-12-16-8-4-2-5-9-16/h15-17H,2-14H2,1H3. The van der Waals surface area contributed by atoms with Gasteiger partial charge in [-0.05, 0) is 31.6 Å². The van der Waals surface area contributed by atoms with E-state index in [4.69, 9.17) is 4.74 Å². The molecule has 0 N–H and O–H groups in total. The monoisotopic (exact) mass is 252 g/mol. The minimum absolute atomic E-state index is 0.497. The van der Waals surface area contributed by atoms with E-state index >= 15 is 0 Å². The maximum absolute atomic E-state index is 6.05. The molecule has 1 heteroatoms. The van der Waals surface area contributed by atoms with Crippen molar-refractivity contribution in [3.05, 3.63) is 0 Å². The Morgan fingerprint density at radius 2 is 1.39 bits per heavy atom. The Kier molecular flexibility index (Phi) is 6.54. The van der Waals surface area contributed by atoms with Crippen molar-refractivity contribution < 1.29 is 4.74 Å². The van der Waals surface area contributed by atoms with Gasteiger partial charge < -0.3 is 4.74 Å². The normalized spacial score (nSPS) is 25.2. The third-order valence-corrected chi connectivity index (χ3v) is 5.04. The van der Waals surface area contributed by atoms with E-state index in [2.05, 4.69) is 6.92 Å². The van der Waals surface area contributed by atoms with Crippen LogP contribution in [0.25, 0.3) is 0 Å². The summed E-state index contributed by atoms with van der Waals surface area (Å²) in [7, 11) is 0. The average molecular weight is 252 g/mol. The zero-order valence-corrected chi connectivity index (χ0v) is 12.3. The van der Waals surface area contributed by atoms with E-state index in [0.717, 1.165) is 18.4 Å². The first-order valence-corrected chi connectivity index (χ1v) is 8.46. The second-order valence-electron chi connectivity index (χ2n) is 6.71. The van der Waals surface area contributed by atoms with Crippen LogP contribution >= 0.6 is 0 Å². The van der Waals surface area contributed by atoms with Gasteiger partial charge in [0, 0.05) is 6.61 Å². The number of rotatable bonds is 6. The topological polar surface area (TPSA) is 9.23 Å². The zero-order valence-electron chi connectivity index (χ0n) is 12.3. The summed E-state index contributed by atoms with van der Waals surface area (Å²) in [5.74, 6) is 1.93. The zero-order chi connectivity index (χ0) is 12.6. The van der Waals surface area contributed by atoms with Crippen molar-refractivity contribution in [1.29, 1.82) is 0 Å². The summed E-state index contributed by atoms with van der Waals surface area (Å²) in [5.41, 5.74) is 0. The predicted octanol–water partition coefficient (Wildman–Crippen LogP) is 5.33. The lowest BCUT2D eigenvalue weighted by molar-refractivity contribution is 0.0339. The molecule has 2 aliphatic rings. The summed E-state index contributed by atoms with van der Waals surface area (Å²) < 4.78 is 6.05.